The standard InChI is InChI=1S/C18H19Br2N3O2/c1-12(14-3-2-4-16(20)11-14)23-18(25)22-10-9-21-17(24)13-5-7-15(19)8-6-13/h2-8,11-12H,9-10H2,1H3,(H,21,24)(H2,22,23,25). The lowest BCUT2D eigenvalue weighted by Gasteiger charge is -2.15. The number of carbonyl (C=O) groups excluding carboxylic acids is 2. The van der Waals surface area contributed by atoms with Crippen LogP contribution in [0.2, 0.25) is 0 Å². The average molecular weight is 469 g/mol. The first kappa shape index (κ1) is 19.5. The Morgan fingerprint density at radius 3 is 2.32 bits per heavy atom. The van der Waals surface area contributed by atoms with Crippen molar-refractivity contribution in [3.05, 3.63) is 68.6 Å². The molecule has 132 valence electrons. The van der Waals surface area contributed by atoms with E-state index in [1.807, 2.05) is 43.3 Å². The van der Waals surface area contributed by atoms with Crippen molar-refractivity contribution in [2.75, 3.05) is 13.1 Å². The zero-order valence-electron chi connectivity index (χ0n) is 13.7. The van der Waals surface area contributed by atoms with Crippen molar-refractivity contribution in [2.45, 2.75) is 13.0 Å². The van der Waals surface area contributed by atoms with Gasteiger partial charge in [-0.2, -0.15) is 0 Å². The summed E-state index contributed by atoms with van der Waals surface area (Å²) >= 11 is 6.74. The summed E-state index contributed by atoms with van der Waals surface area (Å²) in [5.74, 6) is -0.169. The monoisotopic (exact) mass is 467 g/mol. The first-order chi connectivity index (χ1) is 12.0. The van der Waals surface area contributed by atoms with E-state index in [1.54, 1.807) is 12.1 Å². The summed E-state index contributed by atoms with van der Waals surface area (Å²) in [6.45, 7) is 2.61. The number of hydrogen-bond acceptors (Lipinski definition) is 2. The van der Waals surface area contributed by atoms with Gasteiger partial charge < -0.3 is 16.0 Å². The predicted octanol–water partition coefficient (Wildman–Crippen LogP) is 4.00. The zero-order chi connectivity index (χ0) is 18.2. The van der Waals surface area contributed by atoms with Crippen LogP contribution < -0.4 is 16.0 Å². The number of urea groups is 1. The molecule has 1 unspecified atom stereocenters. The first-order valence-electron chi connectivity index (χ1n) is 7.79. The van der Waals surface area contributed by atoms with Gasteiger partial charge in [0.2, 0.25) is 0 Å². The fourth-order valence-corrected chi connectivity index (χ4v) is 2.84. The second-order valence-electron chi connectivity index (χ2n) is 5.44. The molecule has 5 nitrogen and oxygen atoms in total. The topological polar surface area (TPSA) is 70.2 Å². The van der Waals surface area contributed by atoms with Gasteiger partial charge in [-0.1, -0.05) is 44.0 Å². The number of hydrogen-bond donors (Lipinski definition) is 3. The predicted molar refractivity (Wildman–Crippen MR) is 106 cm³/mol. The SMILES string of the molecule is CC(NC(=O)NCCNC(=O)c1ccc(Br)cc1)c1cccc(Br)c1. The van der Waals surface area contributed by atoms with Crippen molar-refractivity contribution < 1.29 is 9.59 Å². The van der Waals surface area contributed by atoms with E-state index in [0.29, 0.717) is 18.7 Å². The van der Waals surface area contributed by atoms with E-state index >= 15 is 0 Å². The summed E-state index contributed by atoms with van der Waals surface area (Å²) in [6.07, 6.45) is 0. The van der Waals surface area contributed by atoms with Gasteiger partial charge in [0.25, 0.3) is 5.91 Å². The number of halogens is 2. The molecule has 0 aliphatic rings. The van der Waals surface area contributed by atoms with Gasteiger partial charge in [-0.05, 0) is 48.9 Å². The largest absolute Gasteiger partial charge is 0.350 e. The highest BCUT2D eigenvalue weighted by Crippen LogP contribution is 2.17. The molecule has 2 aromatic carbocycles. The van der Waals surface area contributed by atoms with Gasteiger partial charge in [0.1, 0.15) is 0 Å². The Kier molecular flexibility index (Phi) is 7.46. The van der Waals surface area contributed by atoms with E-state index in [-0.39, 0.29) is 18.0 Å². The van der Waals surface area contributed by atoms with E-state index in [9.17, 15) is 9.59 Å². The Morgan fingerprint density at radius 2 is 1.64 bits per heavy atom. The Morgan fingerprint density at radius 1 is 0.960 bits per heavy atom. The molecule has 0 aliphatic carbocycles. The van der Waals surface area contributed by atoms with Crippen molar-refractivity contribution in [3.8, 4) is 0 Å². The first-order valence-corrected chi connectivity index (χ1v) is 9.38. The van der Waals surface area contributed by atoms with Gasteiger partial charge in [-0.3, -0.25) is 4.79 Å². The molecule has 0 spiro atoms. The lowest BCUT2D eigenvalue weighted by Crippen LogP contribution is -2.41. The van der Waals surface area contributed by atoms with Crippen LogP contribution in [-0.2, 0) is 0 Å². The lowest BCUT2D eigenvalue weighted by molar-refractivity contribution is 0.0954. The highest BCUT2D eigenvalue weighted by Gasteiger charge is 2.09. The fourth-order valence-electron chi connectivity index (χ4n) is 2.16. The van der Waals surface area contributed by atoms with E-state index in [2.05, 4.69) is 47.8 Å². The minimum Gasteiger partial charge on any atom is -0.350 e. The molecule has 2 aromatic rings. The van der Waals surface area contributed by atoms with Gasteiger partial charge in [-0.15, -0.1) is 0 Å². The number of rotatable bonds is 6. The molecule has 2 rings (SSSR count). The summed E-state index contributed by atoms with van der Waals surface area (Å²) in [5.41, 5.74) is 1.59. The molecule has 0 aromatic heterocycles. The molecule has 0 saturated carbocycles. The van der Waals surface area contributed by atoms with E-state index in [0.717, 1.165) is 14.5 Å². The fraction of sp³-hybridized carbons (Fsp3) is 0.222. The van der Waals surface area contributed by atoms with E-state index in [1.165, 1.54) is 0 Å². The van der Waals surface area contributed by atoms with Crippen molar-refractivity contribution >= 4 is 43.8 Å². The van der Waals surface area contributed by atoms with Crippen LogP contribution in [0.5, 0.6) is 0 Å². The van der Waals surface area contributed by atoms with Crippen LogP contribution >= 0.6 is 31.9 Å². The summed E-state index contributed by atoms with van der Waals surface area (Å²) in [7, 11) is 0. The molecule has 0 radical (unpaired) electrons. The molecule has 0 heterocycles. The third-order valence-electron chi connectivity index (χ3n) is 3.50. The van der Waals surface area contributed by atoms with Gasteiger partial charge in [0, 0.05) is 27.6 Å². The van der Waals surface area contributed by atoms with Crippen molar-refractivity contribution in [3.63, 3.8) is 0 Å². The van der Waals surface area contributed by atoms with Crippen LogP contribution in [0.3, 0.4) is 0 Å². The maximum Gasteiger partial charge on any atom is 0.315 e. The molecule has 1 atom stereocenters. The maximum absolute atomic E-state index is 11.9. The molecule has 3 amide bonds. The molecular formula is C18H19Br2N3O2. The van der Waals surface area contributed by atoms with Gasteiger partial charge in [-0.25, -0.2) is 4.79 Å². The molecular weight excluding hydrogens is 450 g/mol. The Bertz CT molecular complexity index is 735. The molecule has 3 N–H and O–H groups in total. The average Bonchev–Trinajstić information content (AvgIpc) is 2.59. The number of carbonyl (C=O) groups is 2. The number of amides is 3. The van der Waals surface area contributed by atoms with E-state index in [4.69, 9.17) is 0 Å². The molecule has 0 bridgehead atoms. The minimum absolute atomic E-state index is 0.116. The Balaban J connectivity index is 1.70. The van der Waals surface area contributed by atoms with Crippen LogP contribution in [0, 0.1) is 0 Å². The van der Waals surface area contributed by atoms with Crippen molar-refractivity contribution in [1.82, 2.24) is 16.0 Å². The number of benzene rings is 2. The third-order valence-corrected chi connectivity index (χ3v) is 4.52. The third kappa shape index (κ3) is 6.51. The summed E-state index contributed by atoms with van der Waals surface area (Å²) < 4.78 is 1.89. The minimum atomic E-state index is -0.273. The molecule has 7 heteroatoms. The van der Waals surface area contributed by atoms with Crippen LogP contribution in [0.15, 0.2) is 57.5 Å². The Hall–Kier alpha value is -1.86. The summed E-state index contributed by atoms with van der Waals surface area (Å²) in [6, 6.07) is 14.5. The summed E-state index contributed by atoms with van der Waals surface area (Å²) in [4.78, 5) is 23.8. The zero-order valence-corrected chi connectivity index (χ0v) is 16.9. The smallest absolute Gasteiger partial charge is 0.315 e. The second-order valence-corrected chi connectivity index (χ2v) is 7.27. The molecule has 0 fully saturated rings. The maximum atomic E-state index is 11.9. The quantitative estimate of drug-likeness (QED) is 0.560. The van der Waals surface area contributed by atoms with Crippen LogP contribution in [0.4, 0.5) is 4.79 Å². The van der Waals surface area contributed by atoms with Crippen LogP contribution in [0.1, 0.15) is 28.9 Å². The lowest BCUT2D eigenvalue weighted by atomic mass is 10.1. The van der Waals surface area contributed by atoms with E-state index < -0.39 is 0 Å². The Labute approximate surface area is 163 Å². The van der Waals surface area contributed by atoms with Crippen molar-refractivity contribution in [2.24, 2.45) is 0 Å². The summed E-state index contributed by atoms with van der Waals surface area (Å²) in [5, 5.41) is 8.35. The van der Waals surface area contributed by atoms with Crippen molar-refractivity contribution in [1.29, 1.82) is 0 Å². The van der Waals surface area contributed by atoms with Gasteiger partial charge in [0.05, 0.1) is 6.04 Å². The number of nitrogens with one attached hydrogen (secondary N) is 3. The van der Waals surface area contributed by atoms with Gasteiger partial charge >= 0.3 is 6.03 Å². The van der Waals surface area contributed by atoms with Crippen LogP contribution in [-0.4, -0.2) is 25.0 Å². The van der Waals surface area contributed by atoms with Gasteiger partial charge in [0.15, 0.2) is 0 Å². The second kappa shape index (κ2) is 9.58. The highest BCUT2D eigenvalue weighted by atomic mass is 79.9. The normalized spacial score (nSPS) is 11.5. The molecule has 25 heavy (non-hydrogen) atoms. The molecule has 0 aliphatic heterocycles. The molecule has 0 saturated heterocycles. The van der Waals surface area contributed by atoms with Crippen LogP contribution in [0.25, 0.3) is 0 Å². The highest BCUT2D eigenvalue weighted by molar-refractivity contribution is 9.10.